The lowest BCUT2D eigenvalue weighted by Crippen LogP contribution is -2.12. The van der Waals surface area contributed by atoms with Crippen molar-refractivity contribution in [3.8, 4) is 0 Å². The van der Waals surface area contributed by atoms with Gasteiger partial charge in [-0.05, 0) is 6.42 Å². The van der Waals surface area contributed by atoms with Gasteiger partial charge in [-0.15, -0.1) is 0 Å². The molecular weight excluding hydrogens is 240 g/mol. The Morgan fingerprint density at radius 2 is 2.22 bits per heavy atom. The second-order valence-corrected chi connectivity index (χ2v) is 3.41. The molecule has 0 radical (unpaired) electrons. The summed E-state index contributed by atoms with van der Waals surface area (Å²) in [6.45, 7) is 1.20. The number of aromatic nitrogens is 2. The molecule has 0 saturated heterocycles. The Morgan fingerprint density at radius 3 is 2.78 bits per heavy atom. The lowest BCUT2D eigenvalue weighted by atomic mass is 10.4. The van der Waals surface area contributed by atoms with Gasteiger partial charge in [0.1, 0.15) is 0 Å². The third-order valence-electron chi connectivity index (χ3n) is 2.14. The van der Waals surface area contributed by atoms with Crippen LogP contribution >= 0.6 is 0 Å². The van der Waals surface area contributed by atoms with E-state index in [1.54, 1.807) is 7.11 Å². The average molecular weight is 256 g/mol. The molecule has 18 heavy (non-hydrogen) atoms. The molecule has 1 rings (SSSR count). The Morgan fingerprint density at radius 1 is 1.50 bits per heavy atom. The van der Waals surface area contributed by atoms with Crippen molar-refractivity contribution in [2.75, 3.05) is 43.7 Å². The summed E-state index contributed by atoms with van der Waals surface area (Å²) in [7, 11) is 3.14. The zero-order valence-corrected chi connectivity index (χ0v) is 10.3. The quantitative estimate of drug-likeness (QED) is 0.364. The molecule has 4 N–H and O–H groups in total. The monoisotopic (exact) mass is 256 g/mol. The fourth-order valence-corrected chi connectivity index (χ4v) is 1.32. The Balaban J connectivity index is 2.83. The number of hydrogen-bond donors (Lipinski definition) is 3. The van der Waals surface area contributed by atoms with E-state index in [-0.39, 0.29) is 23.3 Å². The van der Waals surface area contributed by atoms with Crippen LogP contribution in [-0.2, 0) is 4.74 Å². The smallest absolute Gasteiger partial charge is 0.353 e. The van der Waals surface area contributed by atoms with Crippen LogP contribution in [0.15, 0.2) is 0 Å². The molecule has 0 aromatic carbocycles. The predicted molar refractivity (Wildman–Crippen MR) is 67.6 cm³/mol. The molecule has 0 bridgehead atoms. The highest BCUT2D eigenvalue weighted by Crippen LogP contribution is 2.28. The van der Waals surface area contributed by atoms with Crippen LogP contribution in [0.25, 0.3) is 0 Å². The molecule has 100 valence electrons. The van der Waals surface area contributed by atoms with Gasteiger partial charge >= 0.3 is 5.69 Å². The summed E-state index contributed by atoms with van der Waals surface area (Å²) in [5, 5.41) is 16.3. The summed E-state index contributed by atoms with van der Waals surface area (Å²) in [5.41, 5.74) is 5.21. The van der Waals surface area contributed by atoms with Crippen molar-refractivity contribution < 1.29 is 9.66 Å². The Labute approximate surface area is 104 Å². The van der Waals surface area contributed by atoms with Gasteiger partial charge in [0.25, 0.3) is 0 Å². The lowest BCUT2D eigenvalue weighted by molar-refractivity contribution is -0.383. The van der Waals surface area contributed by atoms with Crippen LogP contribution in [0.1, 0.15) is 6.42 Å². The van der Waals surface area contributed by atoms with Crippen LogP contribution in [0.5, 0.6) is 0 Å². The van der Waals surface area contributed by atoms with Crippen LogP contribution in [0.4, 0.5) is 23.3 Å². The van der Waals surface area contributed by atoms with Gasteiger partial charge in [-0.2, -0.15) is 9.97 Å². The molecule has 0 saturated carbocycles. The third kappa shape index (κ3) is 3.42. The summed E-state index contributed by atoms with van der Waals surface area (Å²) in [6, 6.07) is 0. The Bertz CT molecular complexity index is 425. The first-order chi connectivity index (χ1) is 8.60. The first-order valence-corrected chi connectivity index (χ1v) is 5.32. The van der Waals surface area contributed by atoms with Gasteiger partial charge in [0.2, 0.25) is 17.6 Å². The van der Waals surface area contributed by atoms with Gasteiger partial charge in [0, 0.05) is 27.3 Å². The maximum absolute atomic E-state index is 10.8. The minimum Gasteiger partial charge on any atom is -0.385 e. The van der Waals surface area contributed by atoms with Crippen LogP contribution in [0.2, 0.25) is 0 Å². The van der Waals surface area contributed by atoms with Crippen molar-refractivity contribution in [3.05, 3.63) is 10.1 Å². The molecule has 0 unspecified atom stereocenters. The topological polar surface area (TPSA) is 128 Å². The third-order valence-corrected chi connectivity index (χ3v) is 2.14. The van der Waals surface area contributed by atoms with Crippen molar-refractivity contribution in [1.82, 2.24) is 9.97 Å². The van der Waals surface area contributed by atoms with E-state index in [9.17, 15) is 10.1 Å². The second-order valence-electron chi connectivity index (χ2n) is 3.41. The van der Waals surface area contributed by atoms with Crippen LogP contribution in [0.3, 0.4) is 0 Å². The highest BCUT2D eigenvalue weighted by atomic mass is 16.6. The van der Waals surface area contributed by atoms with Gasteiger partial charge in [0.15, 0.2) is 0 Å². The highest BCUT2D eigenvalue weighted by molar-refractivity contribution is 5.69. The number of rotatable bonds is 7. The average Bonchev–Trinajstić information content (AvgIpc) is 2.33. The molecular formula is C9H16N6O3. The van der Waals surface area contributed by atoms with E-state index in [0.29, 0.717) is 13.2 Å². The summed E-state index contributed by atoms with van der Waals surface area (Å²) in [6.07, 6.45) is 0.769. The normalized spacial score (nSPS) is 10.1. The summed E-state index contributed by atoms with van der Waals surface area (Å²) in [5.74, 6) is 0.161. The fourth-order valence-electron chi connectivity index (χ4n) is 1.32. The first kappa shape index (κ1) is 13.9. The van der Waals surface area contributed by atoms with E-state index < -0.39 is 4.92 Å². The predicted octanol–water partition coefficient (Wildman–Crippen LogP) is 0.457. The zero-order valence-electron chi connectivity index (χ0n) is 10.3. The fraction of sp³-hybridized carbons (Fsp3) is 0.556. The van der Waals surface area contributed by atoms with Crippen LogP contribution in [-0.4, -0.2) is 42.2 Å². The van der Waals surface area contributed by atoms with Crippen molar-refractivity contribution in [1.29, 1.82) is 0 Å². The van der Waals surface area contributed by atoms with Crippen molar-refractivity contribution in [2.45, 2.75) is 6.42 Å². The molecule has 0 fully saturated rings. The maximum Gasteiger partial charge on any atom is 0.353 e. The van der Waals surface area contributed by atoms with Gasteiger partial charge < -0.3 is 21.1 Å². The molecule has 0 aliphatic carbocycles. The van der Waals surface area contributed by atoms with Crippen molar-refractivity contribution >= 4 is 23.3 Å². The number of nitrogens with zero attached hydrogens (tertiary/aromatic N) is 3. The number of nitro groups is 1. The van der Waals surface area contributed by atoms with Crippen molar-refractivity contribution in [2.24, 2.45) is 0 Å². The van der Waals surface area contributed by atoms with E-state index in [4.69, 9.17) is 10.5 Å². The number of anilines is 3. The summed E-state index contributed by atoms with van der Waals surface area (Å²) < 4.78 is 4.89. The van der Waals surface area contributed by atoms with E-state index in [1.165, 1.54) is 7.05 Å². The number of hydrogen-bond acceptors (Lipinski definition) is 8. The molecule has 9 heteroatoms. The van der Waals surface area contributed by atoms with Gasteiger partial charge in [-0.25, -0.2) is 0 Å². The number of ether oxygens (including phenoxy) is 1. The minimum absolute atomic E-state index is 0.0849. The molecule has 1 aromatic heterocycles. The molecule has 0 aliphatic rings. The molecule has 0 spiro atoms. The molecule has 0 amide bonds. The van der Waals surface area contributed by atoms with Crippen LogP contribution < -0.4 is 16.4 Å². The zero-order chi connectivity index (χ0) is 13.5. The molecule has 0 atom stereocenters. The minimum atomic E-state index is -0.615. The van der Waals surface area contributed by atoms with Gasteiger partial charge in [-0.1, -0.05) is 0 Å². The number of nitrogens with one attached hydrogen (secondary N) is 2. The van der Waals surface area contributed by atoms with E-state index >= 15 is 0 Å². The Kier molecular flexibility index (Phi) is 5.06. The molecule has 1 heterocycles. The van der Waals surface area contributed by atoms with Gasteiger partial charge in [-0.3, -0.25) is 10.1 Å². The lowest BCUT2D eigenvalue weighted by Gasteiger charge is -2.08. The van der Waals surface area contributed by atoms with E-state index in [2.05, 4.69) is 20.6 Å². The molecule has 0 aliphatic heterocycles. The van der Waals surface area contributed by atoms with Crippen molar-refractivity contribution in [3.63, 3.8) is 0 Å². The standard InChI is InChI=1S/C9H16N6O3/c1-11-8-6(15(16)17)7(10)13-9(14-8)12-4-3-5-18-2/h3-5H2,1-2H3,(H4,10,11,12,13,14). The summed E-state index contributed by atoms with van der Waals surface area (Å²) >= 11 is 0. The van der Waals surface area contributed by atoms with E-state index in [1.807, 2.05) is 0 Å². The molecule has 9 nitrogen and oxygen atoms in total. The second kappa shape index (κ2) is 6.55. The number of methoxy groups -OCH3 is 1. The highest BCUT2D eigenvalue weighted by Gasteiger charge is 2.21. The Hall–Kier alpha value is -2.16. The van der Waals surface area contributed by atoms with Crippen LogP contribution in [0, 0.1) is 10.1 Å². The first-order valence-electron chi connectivity index (χ1n) is 5.32. The number of nitrogen functional groups attached to an aromatic ring is 1. The van der Waals surface area contributed by atoms with Gasteiger partial charge in [0.05, 0.1) is 4.92 Å². The number of nitrogens with two attached hydrogens (primary N) is 1. The maximum atomic E-state index is 10.8. The summed E-state index contributed by atoms with van der Waals surface area (Å²) in [4.78, 5) is 18.0. The van der Waals surface area contributed by atoms with E-state index in [0.717, 1.165) is 6.42 Å². The largest absolute Gasteiger partial charge is 0.385 e. The SMILES string of the molecule is CNc1nc(NCCCOC)nc(N)c1[N+](=O)[O-]. The molecule has 1 aromatic rings.